The van der Waals surface area contributed by atoms with E-state index in [0.29, 0.717) is 42.1 Å². The van der Waals surface area contributed by atoms with Crippen molar-refractivity contribution in [2.24, 2.45) is 11.8 Å². The molecule has 0 aliphatic carbocycles. The molecule has 0 radical (unpaired) electrons. The summed E-state index contributed by atoms with van der Waals surface area (Å²) in [5, 5.41) is 0. The fraction of sp³-hybridized carbons (Fsp3) is 0.389. The monoisotopic (exact) mass is 319 g/mol. The van der Waals surface area contributed by atoms with Crippen molar-refractivity contribution in [2.75, 3.05) is 19.8 Å². The molecule has 1 saturated heterocycles. The summed E-state index contributed by atoms with van der Waals surface area (Å²) in [6.07, 6.45) is 2.10. The first-order valence-corrected chi connectivity index (χ1v) is 7.75. The second-order valence-electron chi connectivity index (χ2n) is 5.92. The van der Waals surface area contributed by atoms with Crippen LogP contribution in [0.1, 0.15) is 13.3 Å². The van der Waals surface area contributed by atoms with Gasteiger partial charge in [0.1, 0.15) is 17.4 Å². The maximum absolute atomic E-state index is 14.2. The van der Waals surface area contributed by atoms with Crippen molar-refractivity contribution in [3.63, 3.8) is 0 Å². The van der Waals surface area contributed by atoms with Gasteiger partial charge >= 0.3 is 0 Å². The summed E-state index contributed by atoms with van der Waals surface area (Å²) in [7, 11) is 0. The largest absolute Gasteiger partial charge is 0.493 e. The SMILES string of the molecule is CC1CCOC[C@@H]1COc1ccc(-c2ccc(F)cn2)c(F)c1. The first-order valence-electron chi connectivity index (χ1n) is 7.75. The maximum Gasteiger partial charge on any atom is 0.141 e. The molecule has 5 heteroatoms. The van der Waals surface area contributed by atoms with E-state index in [1.54, 1.807) is 12.1 Å². The molecule has 0 saturated carbocycles. The summed E-state index contributed by atoms with van der Waals surface area (Å²) in [4.78, 5) is 3.90. The zero-order chi connectivity index (χ0) is 16.2. The second-order valence-corrected chi connectivity index (χ2v) is 5.92. The van der Waals surface area contributed by atoms with Gasteiger partial charge in [-0.05, 0) is 36.6 Å². The number of benzene rings is 1. The molecule has 0 spiro atoms. The summed E-state index contributed by atoms with van der Waals surface area (Å²) >= 11 is 0. The van der Waals surface area contributed by atoms with Gasteiger partial charge in [-0.15, -0.1) is 0 Å². The van der Waals surface area contributed by atoms with Crippen molar-refractivity contribution in [1.82, 2.24) is 4.98 Å². The van der Waals surface area contributed by atoms with Gasteiger partial charge in [0, 0.05) is 24.2 Å². The molecule has 0 bridgehead atoms. The van der Waals surface area contributed by atoms with Crippen LogP contribution in [0.15, 0.2) is 36.5 Å². The molecule has 3 rings (SSSR count). The molecular weight excluding hydrogens is 300 g/mol. The number of nitrogens with zero attached hydrogens (tertiary/aromatic N) is 1. The highest BCUT2D eigenvalue weighted by Gasteiger charge is 2.22. The molecule has 122 valence electrons. The van der Waals surface area contributed by atoms with Crippen LogP contribution in [0, 0.1) is 23.5 Å². The molecule has 1 aliphatic rings. The van der Waals surface area contributed by atoms with Gasteiger partial charge in [0.15, 0.2) is 0 Å². The van der Waals surface area contributed by atoms with Gasteiger partial charge in [-0.1, -0.05) is 6.92 Å². The van der Waals surface area contributed by atoms with Crippen LogP contribution >= 0.6 is 0 Å². The third kappa shape index (κ3) is 3.85. The Balaban J connectivity index is 1.68. The van der Waals surface area contributed by atoms with Gasteiger partial charge in [-0.2, -0.15) is 0 Å². The molecule has 2 aromatic rings. The lowest BCUT2D eigenvalue weighted by Gasteiger charge is -2.28. The zero-order valence-corrected chi connectivity index (χ0v) is 13.0. The Morgan fingerprint density at radius 2 is 2.13 bits per heavy atom. The Labute approximate surface area is 134 Å². The maximum atomic E-state index is 14.2. The van der Waals surface area contributed by atoms with E-state index in [0.717, 1.165) is 19.2 Å². The predicted molar refractivity (Wildman–Crippen MR) is 83.2 cm³/mol. The lowest BCUT2D eigenvalue weighted by Crippen LogP contribution is -2.30. The molecule has 3 nitrogen and oxygen atoms in total. The molecule has 1 aliphatic heterocycles. The lowest BCUT2D eigenvalue weighted by atomic mass is 9.91. The quantitative estimate of drug-likeness (QED) is 0.851. The van der Waals surface area contributed by atoms with Crippen molar-refractivity contribution in [2.45, 2.75) is 13.3 Å². The summed E-state index contributed by atoms with van der Waals surface area (Å²) in [5.41, 5.74) is 0.719. The van der Waals surface area contributed by atoms with Crippen LogP contribution in [-0.2, 0) is 4.74 Å². The molecule has 2 heterocycles. The molecule has 23 heavy (non-hydrogen) atoms. The highest BCUT2D eigenvalue weighted by atomic mass is 19.1. The van der Waals surface area contributed by atoms with E-state index in [1.165, 1.54) is 18.2 Å². The Morgan fingerprint density at radius 3 is 2.83 bits per heavy atom. The van der Waals surface area contributed by atoms with E-state index in [-0.39, 0.29) is 0 Å². The smallest absolute Gasteiger partial charge is 0.141 e. The van der Waals surface area contributed by atoms with Crippen molar-refractivity contribution in [1.29, 1.82) is 0 Å². The van der Waals surface area contributed by atoms with Crippen molar-refractivity contribution in [3.8, 4) is 17.0 Å². The van der Waals surface area contributed by atoms with Crippen LogP contribution in [0.25, 0.3) is 11.3 Å². The Bertz CT molecular complexity index is 661. The highest BCUT2D eigenvalue weighted by molar-refractivity contribution is 5.60. The number of hydrogen-bond acceptors (Lipinski definition) is 3. The number of ether oxygens (including phenoxy) is 2. The normalized spacial score (nSPS) is 21.2. The van der Waals surface area contributed by atoms with E-state index in [9.17, 15) is 8.78 Å². The average molecular weight is 319 g/mol. The van der Waals surface area contributed by atoms with E-state index < -0.39 is 11.6 Å². The Kier molecular flexibility index (Phi) is 4.86. The molecule has 0 N–H and O–H groups in total. The summed E-state index contributed by atoms with van der Waals surface area (Å²) in [5.74, 6) is 0.458. The van der Waals surface area contributed by atoms with Crippen molar-refractivity contribution in [3.05, 3.63) is 48.2 Å². The van der Waals surface area contributed by atoms with Crippen LogP contribution in [-0.4, -0.2) is 24.8 Å². The van der Waals surface area contributed by atoms with Crippen molar-refractivity contribution < 1.29 is 18.3 Å². The number of halogens is 2. The van der Waals surface area contributed by atoms with E-state index >= 15 is 0 Å². The Morgan fingerprint density at radius 1 is 1.26 bits per heavy atom. The zero-order valence-electron chi connectivity index (χ0n) is 13.0. The first kappa shape index (κ1) is 15.9. The molecule has 1 aromatic heterocycles. The number of pyridine rings is 1. The minimum absolute atomic E-state index is 0.324. The van der Waals surface area contributed by atoms with Gasteiger partial charge in [0.05, 0.1) is 25.1 Å². The third-order valence-corrected chi connectivity index (χ3v) is 4.26. The fourth-order valence-corrected chi connectivity index (χ4v) is 2.65. The minimum atomic E-state index is -0.446. The molecule has 2 atom stereocenters. The van der Waals surface area contributed by atoms with Crippen LogP contribution in [0.2, 0.25) is 0 Å². The molecule has 1 fully saturated rings. The average Bonchev–Trinajstić information content (AvgIpc) is 2.55. The Hall–Kier alpha value is -2.01. The molecular formula is C18H19F2NO2. The fourth-order valence-electron chi connectivity index (χ4n) is 2.65. The van der Waals surface area contributed by atoms with Gasteiger partial charge < -0.3 is 9.47 Å². The summed E-state index contributed by atoms with van der Waals surface area (Å²) in [6.45, 7) is 4.17. The standard InChI is InChI=1S/C18H19F2NO2/c1-12-6-7-22-10-13(12)11-23-15-3-4-16(17(20)8-15)18-5-2-14(19)9-21-18/h2-5,8-9,12-13H,6-7,10-11H2,1H3/t12?,13-/m1/s1. The van der Waals surface area contributed by atoms with Crippen LogP contribution in [0.4, 0.5) is 8.78 Å². The predicted octanol–water partition coefficient (Wildman–Crippen LogP) is 4.08. The second kappa shape index (κ2) is 7.04. The first-order chi connectivity index (χ1) is 11.1. The number of rotatable bonds is 4. The highest BCUT2D eigenvalue weighted by Crippen LogP contribution is 2.27. The minimum Gasteiger partial charge on any atom is -0.493 e. The van der Waals surface area contributed by atoms with Crippen LogP contribution < -0.4 is 4.74 Å². The molecule has 1 unspecified atom stereocenters. The topological polar surface area (TPSA) is 31.4 Å². The van der Waals surface area contributed by atoms with Crippen LogP contribution in [0.5, 0.6) is 5.75 Å². The van der Waals surface area contributed by atoms with Crippen molar-refractivity contribution >= 4 is 0 Å². The van der Waals surface area contributed by atoms with Gasteiger partial charge in [-0.3, -0.25) is 4.98 Å². The van der Waals surface area contributed by atoms with Crippen LogP contribution in [0.3, 0.4) is 0 Å². The number of aromatic nitrogens is 1. The molecule has 1 aromatic carbocycles. The van der Waals surface area contributed by atoms with E-state index in [4.69, 9.17) is 9.47 Å². The van der Waals surface area contributed by atoms with E-state index in [1.807, 2.05) is 0 Å². The third-order valence-electron chi connectivity index (χ3n) is 4.26. The molecule has 0 amide bonds. The van der Waals surface area contributed by atoms with E-state index in [2.05, 4.69) is 11.9 Å². The van der Waals surface area contributed by atoms with Gasteiger partial charge in [-0.25, -0.2) is 8.78 Å². The summed E-state index contributed by atoms with van der Waals surface area (Å²) in [6, 6.07) is 7.37. The van der Waals surface area contributed by atoms with Gasteiger partial charge in [0.2, 0.25) is 0 Å². The number of hydrogen-bond donors (Lipinski definition) is 0. The van der Waals surface area contributed by atoms with Gasteiger partial charge in [0.25, 0.3) is 0 Å². The summed E-state index contributed by atoms with van der Waals surface area (Å²) < 4.78 is 38.3. The lowest BCUT2D eigenvalue weighted by molar-refractivity contribution is 0.00345.